The molecule has 1 aromatic carbocycles. The number of nitrogens with two attached hydrogens (primary N) is 1. The summed E-state index contributed by atoms with van der Waals surface area (Å²) in [6.45, 7) is 3.57. The van der Waals surface area contributed by atoms with Crippen LogP contribution in [0.25, 0.3) is 0 Å². The second-order valence-electron chi connectivity index (χ2n) is 3.34. The lowest BCUT2D eigenvalue weighted by Gasteiger charge is -2.10. The van der Waals surface area contributed by atoms with Crippen molar-refractivity contribution in [2.24, 2.45) is 5.73 Å². The molecule has 0 saturated heterocycles. The summed E-state index contributed by atoms with van der Waals surface area (Å²) in [6.07, 6.45) is 0.872. The molecule has 3 N–H and O–H groups in total. The predicted octanol–water partition coefficient (Wildman–Crippen LogP) is 1.62. The monoisotopic (exact) mass is 222 g/mol. The zero-order chi connectivity index (χ0) is 11.8. The fourth-order valence-electron chi connectivity index (χ4n) is 1.35. The van der Waals surface area contributed by atoms with Gasteiger partial charge in [0.05, 0.1) is 12.2 Å². The summed E-state index contributed by atoms with van der Waals surface area (Å²) in [5.74, 6) is -0.293. The second kappa shape index (κ2) is 6.85. The quantitative estimate of drug-likeness (QED) is 0.567. The third-order valence-corrected chi connectivity index (χ3v) is 2.12. The van der Waals surface area contributed by atoms with Gasteiger partial charge in [-0.2, -0.15) is 0 Å². The van der Waals surface area contributed by atoms with E-state index in [1.807, 2.05) is 18.2 Å². The first-order valence-electron chi connectivity index (χ1n) is 5.49. The van der Waals surface area contributed by atoms with Gasteiger partial charge in [-0.05, 0) is 32.0 Å². The molecule has 0 unspecified atom stereocenters. The predicted molar refractivity (Wildman–Crippen MR) is 64.6 cm³/mol. The number of carbonyl (C=O) groups excluding carboxylic acids is 1. The highest BCUT2D eigenvalue weighted by Gasteiger charge is 2.10. The molecule has 0 bridgehead atoms. The van der Waals surface area contributed by atoms with Gasteiger partial charge in [-0.25, -0.2) is 4.79 Å². The van der Waals surface area contributed by atoms with Gasteiger partial charge in [0, 0.05) is 12.2 Å². The van der Waals surface area contributed by atoms with Crippen LogP contribution in [0, 0.1) is 0 Å². The van der Waals surface area contributed by atoms with Crippen molar-refractivity contribution in [3.8, 4) is 0 Å². The zero-order valence-electron chi connectivity index (χ0n) is 9.53. The number of hydrogen-bond donors (Lipinski definition) is 2. The van der Waals surface area contributed by atoms with Crippen molar-refractivity contribution in [2.45, 2.75) is 13.3 Å². The van der Waals surface area contributed by atoms with Crippen molar-refractivity contribution in [1.29, 1.82) is 0 Å². The van der Waals surface area contributed by atoms with E-state index in [4.69, 9.17) is 10.5 Å². The highest BCUT2D eigenvalue weighted by Crippen LogP contribution is 2.15. The normalized spacial score (nSPS) is 9.88. The number of ether oxygens (including phenoxy) is 1. The number of carbonyl (C=O) groups is 1. The van der Waals surface area contributed by atoms with E-state index in [2.05, 4.69) is 5.32 Å². The Kier molecular flexibility index (Phi) is 5.36. The number of esters is 1. The first kappa shape index (κ1) is 12.5. The Bertz CT molecular complexity index is 340. The smallest absolute Gasteiger partial charge is 0.340 e. The Morgan fingerprint density at radius 2 is 2.19 bits per heavy atom. The van der Waals surface area contributed by atoms with Crippen molar-refractivity contribution in [3.63, 3.8) is 0 Å². The molecule has 0 fully saturated rings. The molecule has 0 aromatic heterocycles. The molecule has 0 heterocycles. The number of rotatable bonds is 6. The lowest BCUT2D eigenvalue weighted by Crippen LogP contribution is -2.12. The maximum Gasteiger partial charge on any atom is 0.340 e. The van der Waals surface area contributed by atoms with E-state index in [-0.39, 0.29) is 5.97 Å². The van der Waals surface area contributed by atoms with Gasteiger partial charge in [0.1, 0.15) is 0 Å². The van der Waals surface area contributed by atoms with Crippen molar-refractivity contribution in [1.82, 2.24) is 0 Å². The van der Waals surface area contributed by atoms with Crippen LogP contribution >= 0.6 is 0 Å². The molecule has 4 heteroatoms. The molecule has 16 heavy (non-hydrogen) atoms. The van der Waals surface area contributed by atoms with Gasteiger partial charge < -0.3 is 15.8 Å². The molecular formula is C12H18N2O2. The average molecular weight is 222 g/mol. The molecule has 0 spiro atoms. The lowest BCUT2D eigenvalue weighted by molar-refractivity contribution is 0.0527. The van der Waals surface area contributed by atoms with E-state index >= 15 is 0 Å². The fourth-order valence-corrected chi connectivity index (χ4v) is 1.35. The van der Waals surface area contributed by atoms with E-state index in [0.29, 0.717) is 18.7 Å². The zero-order valence-corrected chi connectivity index (χ0v) is 9.53. The SMILES string of the molecule is CCOC(=O)c1ccccc1NCCCN. The molecule has 0 atom stereocenters. The largest absolute Gasteiger partial charge is 0.462 e. The standard InChI is InChI=1S/C12H18N2O2/c1-2-16-12(15)10-6-3-4-7-11(10)14-9-5-8-13/h3-4,6-7,14H,2,5,8-9,13H2,1H3. The van der Waals surface area contributed by atoms with Gasteiger partial charge in [-0.1, -0.05) is 12.1 Å². The van der Waals surface area contributed by atoms with Crippen LogP contribution in [-0.2, 0) is 4.74 Å². The van der Waals surface area contributed by atoms with Crippen LogP contribution in [0.1, 0.15) is 23.7 Å². The third-order valence-electron chi connectivity index (χ3n) is 2.12. The van der Waals surface area contributed by atoms with Crippen LogP contribution in [-0.4, -0.2) is 25.7 Å². The number of hydrogen-bond acceptors (Lipinski definition) is 4. The summed E-state index contributed by atoms with van der Waals surface area (Å²) < 4.78 is 4.97. The van der Waals surface area contributed by atoms with Gasteiger partial charge in [0.15, 0.2) is 0 Å². The topological polar surface area (TPSA) is 64.3 Å². The minimum atomic E-state index is -0.293. The van der Waals surface area contributed by atoms with Crippen molar-refractivity contribution < 1.29 is 9.53 Å². The van der Waals surface area contributed by atoms with Crippen LogP contribution in [0.5, 0.6) is 0 Å². The molecule has 0 saturated carbocycles. The Hall–Kier alpha value is -1.55. The van der Waals surface area contributed by atoms with Crippen molar-refractivity contribution in [2.75, 3.05) is 25.0 Å². The average Bonchev–Trinajstić information content (AvgIpc) is 2.30. The first-order valence-corrected chi connectivity index (χ1v) is 5.49. The summed E-state index contributed by atoms with van der Waals surface area (Å²) in [7, 11) is 0. The van der Waals surface area contributed by atoms with E-state index in [9.17, 15) is 4.79 Å². The lowest BCUT2D eigenvalue weighted by atomic mass is 10.2. The maximum atomic E-state index is 11.6. The van der Waals surface area contributed by atoms with Crippen molar-refractivity contribution >= 4 is 11.7 Å². The fraction of sp³-hybridized carbons (Fsp3) is 0.417. The van der Waals surface area contributed by atoms with Gasteiger partial charge in [0.25, 0.3) is 0 Å². The van der Waals surface area contributed by atoms with E-state index in [1.165, 1.54) is 0 Å². The van der Waals surface area contributed by atoms with E-state index < -0.39 is 0 Å². The highest BCUT2D eigenvalue weighted by atomic mass is 16.5. The molecule has 0 aliphatic rings. The maximum absolute atomic E-state index is 11.6. The Morgan fingerprint density at radius 1 is 1.44 bits per heavy atom. The molecule has 0 radical (unpaired) electrons. The molecule has 0 aliphatic heterocycles. The molecule has 88 valence electrons. The number of nitrogens with one attached hydrogen (secondary N) is 1. The van der Waals surface area contributed by atoms with Crippen LogP contribution in [0.15, 0.2) is 24.3 Å². The van der Waals surface area contributed by atoms with Gasteiger partial charge in [0.2, 0.25) is 0 Å². The minimum Gasteiger partial charge on any atom is -0.462 e. The Balaban J connectivity index is 2.71. The molecule has 0 aliphatic carbocycles. The van der Waals surface area contributed by atoms with Gasteiger partial charge in [-0.3, -0.25) is 0 Å². The Labute approximate surface area is 95.8 Å². The molecule has 0 amide bonds. The summed E-state index contributed by atoms with van der Waals surface area (Å²) >= 11 is 0. The molecule has 1 rings (SSSR count). The molecular weight excluding hydrogens is 204 g/mol. The van der Waals surface area contributed by atoms with E-state index in [1.54, 1.807) is 13.0 Å². The second-order valence-corrected chi connectivity index (χ2v) is 3.34. The minimum absolute atomic E-state index is 0.293. The van der Waals surface area contributed by atoms with Crippen LogP contribution in [0.4, 0.5) is 5.69 Å². The Morgan fingerprint density at radius 3 is 2.88 bits per heavy atom. The number of para-hydroxylation sites is 1. The number of anilines is 1. The summed E-state index contributed by atoms with van der Waals surface area (Å²) in [5, 5.41) is 3.17. The summed E-state index contributed by atoms with van der Waals surface area (Å²) in [5.41, 5.74) is 6.78. The van der Waals surface area contributed by atoms with Gasteiger partial charge >= 0.3 is 5.97 Å². The van der Waals surface area contributed by atoms with Gasteiger partial charge in [-0.15, -0.1) is 0 Å². The van der Waals surface area contributed by atoms with Crippen LogP contribution < -0.4 is 11.1 Å². The third kappa shape index (κ3) is 3.55. The summed E-state index contributed by atoms with van der Waals surface area (Å²) in [4.78, 5) is 11.6. The molecule has 1 aromatic rings. The summed E-state index contributed by atoms with van der Waals surface area (Å²) in [6, 6.07) is 7.32. The van der Waals surface area contributed by atoms with Crippen LogP contribution in [0.3, 0.4) is 0 Å². The highest BCUT2D eigenvalue weighted by molar-refractivity contribution is 5.95. The van der Waals surface area contributed by atoms with Crippen molar-refractivity contribution in [3.05, 3.63) is 29.8 Å². The van der Waals surface area contributed by atoms with Crippen LogP contribution in [0.2, 0.25) is 0 Å². The van der Waals surface area contributed by atoms with E-state index in [0.717, 1.165) is 18.7 Å². The number of benzene rings is 1. The first-order chi connectivity index (χ1) is 7.79. The molecule has 4 nitrogen and oxygen atoms in total.